The Morgan fingerprint density at radius 3 is 2.61 bits per heavy atom. The minimum absolute atomic E-state index is 0.883. The first-order chi connectivity index (χ1) is 8.69. The molecule has 3 heteroatoms. The topological polar surface area (TPSA) is 18.5 Å². The highest BCUT2D eigenvalue weighted by Crippen LogP contribution is 2.21. The molecule has 0 saturated carbocycles. The van der Waals surface area contributed by atoms with Gasteiger partial charge in [0.2, 0.25) is 0 Å². The minimum atomic E-state index is 0.883. The van der Waals surface area contributed by atoms with Crippen molar-refractivity contribution in [1.29, 1.82) is 0 Å². The Balaban J connectivity index is 1.81. The van der Waals surface area contributed by atoms with Crippen LogP contribution in [0, 0.1) is 5.92 Å². The number of anilines is 2. The van der Waals surface area contributed by atoms with Gasteiger partial charge in [0.25, 0.3) is 0 Å². The Morgan fingerprint density at radius 1 is 1.33 bits per heavy atom. The molecule has 18 heavy (non-hydrogen) atoms. The molecule has 0 spiro atoms. The van der Waals surface area contributed by atoms with Crippen molar-refractivity contribution in [1.82, 2.24) is 4.90 Å². The van der Waals surface area contributed by atoms with Crippen molar-refractivity contribution in [2.45, 2.75) is 12.8 Å². The third-order valence-corrected chi connectivity index (χ3v) is 3.96. The average Bonchev–Trinajstić information content (AvgIpc) is 2.82. The molecule has 0 radical (unpaired) electrons. The zero-order valence-corrected chi connectivity index (χ0v) is 11.8. The van der Waals surface area contributed by atoms with Crippen molar-refractivity contribution in [3.8, 4) is 0 Å². The first-order valence-corrected chi connectivity index (χ1v) is 6.86. The van der Waals surface area contributed by atoms with Gasteiger partial charge in [0, 0.05) is 38.6 Å². The zero-order valence-electron chi connectivity index (χ0n) is 11.8. The quantitative estimate of drug-likeness (QED) is 0.862. The van der Waals surface area contributed by atoms with E-state index in [9.17, 15) is 0 Å². The molecule has 1 saturated heterocycles. The molecule has 2 rings (SSSR count). The first-order valence-electron chi connectivity index (χ1n) is 6.86. The maximum Gasteiger partial charge on any atom is 0.0365 e. The monoisotopic (exact) mass is 247 g/mol. The number of benzene rings is 1. The first kappa shape index (κ1) is 13.2. The van der Waals surface area contributed by atoms with Crippen molar-refractivity contribution in [3.05, 3.63) is 24.3 Å². The van der Waals surface area contributed by atoms with Gasteiger partial charge in [0.1, 0.15) is 0 Å². The molecular formula is C15H25N3. The van der Waals surface area contributed by atoms with Gasteiger partial charge in [-0.15, -0.1) is 0 Å². The third kappa shape index (κ3) is 3.39. The van der Waals surface area contributed by atoms with E-state index in [4.69, 9.17) is 0 Å². The van der Waals surface area contributed by atoms with Gasteiger partial charge in [-0.2, -0.15) is 0 Å². The van der Waals surface area contributed by atoms with Crippen LogP contribution in [0.25, 0.3) is 0 Å². The smallest absolute Gasteiger partial charge is 0.0365 e. The predicted octanol–water partition coefficient (Wildman–Crippen LogP) is 2.51. The van der Waals surface area contributed by atoms with Crippen LogP contribution in [0.1, 0.15) is 12.8 Å². The minimum Gasteiger partial charge on any atom is -0.388 e. The molecule has 100 valence electrons. The standard InChI is InChI=1S/C15H25N3/c1-16-14-4-6-15(7-5-14)18(3)11-9-13-8-10-17(2)12-13/h4-7,13,16H,8-12H2,1-3H3. The lowest BCUT2D eigenvalue weighted by molar-refractivity contribution is 0.389. The summed E-state index contributed by atoms with van der Waals surface area (Å²) in [5.41, 5.74) is 2.48. The number of likely N-dealkylation sites (tertiary alicyclic amines) is 1. The fourth-order valence-electron chi connectivity index (χ4n) is 2.65. The number of nitrogens with one attached hydrogen (secondary N) is 1. The molecule has 1 unspecified atom stereocenters. The van der Waals surface area contributed by atoms with Crippen LogP contribution in [-0.2, 0) is 0 Å². The van der Waals surface area contributed by atoms with Crippen LogP contribution in [-0.4, -0.2) is 45.7 Å². The molecule has 1 atom stereocenters. The summed E-state index contributed by atoms with van der Waals surface area (Å²) in [6.07, 6.45) is 2.66. The van der Waals surface area contributed by atoms with Crippen LogP contribution in [0.15, 0.2) is 24.3 Å². The second kappa shape index (κ2) is 6.10. The molecule has 1 fully saturated rings. The number of hydrogen-bond donors (Lipinski definition) is 1. The summed E-state index contributed by atoms with van der Waals surface area (Å²) in [6, 6.07) is 8.64. The summed E-state index contributed by atoms with van der Waals surface area (Å²) in [5.74, 6) is 0.883. The van der Waals surface area contributed by atoms with Crippen molar-refractivity contribution in [2.24, 2.45) is 5.92 Å². The number of nitrogens with zero attached hydrogens (tertiary/aromatic N) is 2. The van der Waals surface area contributed by atoms with Gasteiger partial charge in [0.05, 0.1) is 0 Å². The fraction of sp³-hybridized carbons (Fsp3) is 0.600. The van der Waals surface area contributed by atoms with E-state index in [1.165, 1.54) is 37.3 Å². The van der Waals surface area contributed by atoms with E-state index in [-0.39, 0.29) is 0 Å². The lowest BCUT2D eigenvalue weighted by Gasteiger charge is -2.21. The van der Waals surface area contributed by atoms with Crippen LogP contribution in [0.4, 0.5) is 11.4 Å². The van der Waals surface area contributed by atoms with Gasteiger partial charge >= 0.3 is 0 Å². The molecule has 1 aromatic carbocycles. The lowest BCUT2D eigenvalue weighted by atomic mass is 10.0. The van der Waals surface area contributed by atoms with Crippen LogP contribution >= 0.6 is 0 Å². The maximum atomic E-state index is 3.15. The summed E-state index contributed by atoms with van der Waals surface area (Å²) in [6.45, 7) is 3.69. The second-order valence-electron chi connectivity index (χ2n) is 5.42. The molecule has 1 heterocycles. The summed E-state index contributed by atoms with van der Waals surface area (Å²) in [7, 11) is 6.36. The Labute approximate surface area is 111 Å². The molecule has 0 aliphatic carbocycles. The molecule has 0 bridgehead atoms. The van der Waals surface area contributed by atoms with Crippen LogP contribution < -0.4 is 10.2 Å². The Kier molecular flexibility index (Phi) is 4.48. The second-order valence-corrected chi connectivity index (χ2v) is 5.42. The molecule has 1 N–H and O–H groups in total. The van der Waals surface area contributed by atoms with Crippen molar-refractivity contribution in [3.63, 3.8) is 0 Å². The fourth-order valence-corrected chi connectivity index (χ4v) is 2.65. The van der Waals surface area contributed by atoms with Crippen molar-refractivity contribution < 1.29 is 0 Å². The molecule has 0 amide bonds. The molecule has 3 nitrogen and oxygen atoms in total. The summed E-state index contributed by atoms with van der Waals surface area (Å²) in [4.78, 5) is 4.80. The van der Waals surface area contributed by atoms with Crippen LogP contribution in [0.2, 0.25) is 0 Å². The van der Waals surface area contributed by atoms with Gasteiger partial charge in [-0.3, -0.25) is 0 Å². The Morgan fingerprint density at radius 2 is 2.06 bits per heavy atom. The van der Waals surface area contributed by atoms with Crippen molar-refractivity contribution >= 4 is 11.4 Å². The largest absolute Gasteiger partial charge is 0.388 e. The average molecular weight is 247 g/mol. The third-order valence-electron chi connectivity index (χ3n) is 3.96. The molecule has 1 aliphatic rings. The molecule has 1 aliphatic heterocycles. The van der Waals surface area contributed by atoms with E-state index < -0.39 is 0 Å². The highest BCUT2D eigenvalue weighted by molar-refractivity contribution is 5.54. The van der Waals surface area contributed by atoms with E-state index in [0.29, 0.717) is 0 Å². The molecule has 0 aromatic heterocycles. The summed E-state index contributed by atoms with van der Waals surface area (Å²) < 4.78 is 0. The summed E-state index contributed by atoms with van der Waals surface area (Å²) >= 11 is 0. The van der Waals surface area contributed by atoms with E-state index in [1.807, 2.05) is 7.05 Å². The Hall–Kier alpha value is -1.22. The van der Waals surface area contributed by atoms with E-state index in [2.05, 4.69) is 53.5 Å². The number of hydrogen-bond acceptors (Lipinski definition) is 3. The lowest BCUT2D eigenvalue weighted by Crippen LogP contribution is -2.22. The molecule has 1 aromatic rings. The highest BCUT2D eigenvalue weighted by Gasteiger charge is 2.19. The number of rotatable bonds is 5. The van der Waals surface area contributed by atoms with Gasteiger partial charge in [-0.25, -0.2) is 0 Å². The zero-order chi connectivity index (χ0) is 13.0. The van der Waals surface area contributed by atoms with Crippen LogP contribution in [0.5, 0.6) is 0 Å². The normalized spacial score (nSPS) is 20.1. The Bertz CT molecular complexity index is 361. The van der Waals surface area contributed by atoms with Gasteiger partial charge in [0.15, 0.2) is 0 Å². The maximum absolute atomic E-state index is 3.15. The predicted molar refractivity (Wildman–Crippen MR) is 79.5 cm³/mol. The van der Waals surface area contributed by atoms with Gasteiger partial charge in [-0.05, 0) is 56.6 Å². The van der Waals surface area contributed by atoms with E-state index >= 15 is 0 Å². The molecular weight excluding hydrogens is 222 g/mol. The van der Waals surface area contributed by atoms with E-state index in [0.717, 1.165) is 12.5 Å². The van der Waals surface area contributed by atoms with Crippen LogP contribution in [0.3, 0.4) is 0 Å². The summed E-state index contributed by atoms with van der Waals surface area (Å²) in [5, 5.41) is 3.15. The SMILES string of the molecule is CNc1ccc(N(C)CCC2CCN(C)C2)cc1. The van der Waals surface area contributed by atoms with Gasteiger partial charge in [-0.1, -0.05) is 0 Å². The van der Waals surface area contributed by atoms with E-state index in [1.54, 1.807) is 0 Å². The van der Waals surface area contributed by atoms with Gasteiger partial charge < -0.3 is 15.1 Å². The van der Waals surface area contributed by atoms with Crippen molar-refractivity contribution in [2.75, 3.05) is 51.0 Å². The highest BCUT2D eigenvalue weighted by atomic mass is 15.1.